The van der Waals surface area contributed by atoms with Crippen molar-refractivity contribution < 1.29 is 78.9 Å². The molecule has 50 heavy (non-hydrogen) atoms. The Kier molecular flexibility index (Phi) is 9.85. The summed E-state index contributed by atoms with van der Waals surface area (Å²) in [6, 6.07) is 0. The van der Waals surface area contributed by atoms with Gasteiger partial charge in [-0.15, -0.1) is 0 Å². The first-order valence-corrected chi connectivity index (χ1v) is 17.1. The smallest absolute Gasteiger partial charge is 0.222 e. The van der Waals surface area contributed by atoms with E-state index in [0.29, 0.717) is 12.0 Å². The molecule has 0 radical (unpaired) electrons. The number of alkyl halides is 1. The highest BCUT2D eigenvalue weighted by Crippen LogP contribution is 2.70. The van der Waals surface area contributed by atoms with Crippen molar-refractivity contribution in [3.63, 3.8) is 0 Å². The molecule has 0 aromatic heterocycles. The van der Waals surface area contributed by atoms with Crippen LogP contribution < -0.4 is 0 Å². The molecule has 3 saturated carbocycles. The number of fused-ring (bicyclic) bond motifs is 5. The molecule has 5 fully saturated rings. The molecule has 2 saturated heterocycles. The van der Waals surface area contributed by atoms with E-state index in [1.807, 2.05) is 0 Å². The van der Waals surface area contributed by atoms with Crippen LogP contribution in [-0.4, -0.2) is 156 Å². The van der Waals surface area contributed by atoms with Gasteiger partial charge in [-0.25, -0.2) is 4.39 Å². The average Bonchev–Trinajstić information content (AvgIpc) is 3.47. The Morgan fingerprint density at radius 2 is 1.70 bits per heavy atom. The zero-order valence-electron chi connectivity index (χ0n) is 28.2. The minimum atomic E-state index is -2.40. The fraction of sp³-hybridized carbons (Fsp3) is 0.824. The maximum absolute atomic E-state index is 17.5. The molecule has 4 aliphatic carbocycles. The third-order valence-corrected chi connectivity index (χ3v) is 13.1. The molecule has 0 aromatic carbocycles. The third kappa shape index (κ3) is 5.10. The van der Waals surface area contributed by atoms with Gasteiger partial charge in [-0.3, -0.25) is 9.59 Å². The van der Waals surface area contributed by atoms with Crippen LogP contribution in [0.4, 0.5) is 4.39 Å². The molecule has 4 unspecified atom stereocenters. The predicted octanol–water partition coefficient (Wildman–Crippen LogP) is -2.45. The van der Waals surface area contributed by atoms with Gasteiger partial charge in [0.2, 0.25) is 5.79 Å². The number of hydrogen-bond acceptors (Lipinski definition) is 15. The van der Waals surface area contributed by atoms with Gasteiger partial charge in [0.25, 0.3) is 0 Å². The molecule has 0 aromatic rings. The molecule has 6 rings (SSSR count). The zero-order valence-corrected chi connectivity index (χ0v) is 28.2. The lowest BCUT2D eigenvalue weighted by Crippen LogP contribution is -2.69. The molecule has 0 spiro atoms. The van der Waals surface area contributed by atoms with Gasteiger partial charge < -0.3 is 64.9 Å². The predicted molar refractivity (Wildman–Crippen MR) is 165 cm³/mol. The monoisotopic (exact) mass is 716 g/mol. The molecular formula is C34H49FO15. The number of carbonyl (C=O) groups excluding carboxylic acids is 2. The second-order valence-corrected chi connectivity index (χ2v) is 15.4. The van der Waals surface area contributed by atoms with E-state index in [1.54, 1.807) is 20.8 Å². The Balaban J connectivity index is 1.21. The van der Waals surface area contributed by atoms with Gasteiger partial charge in [-0.1, -0.05) is 25.5 Å². The number of ether oxygens (including phenoxy) is 4. The highest BCUT2D eigenvalue weighted by Gasteiger charge is 2.75. The summed E-state index contributed by atoms with van der Waals surface area (Å²) >= 11 is 0. The number of aliphatic hydroxyl groups excluding tert-OH is 8. The zero-order chi connectivity index (χ0) is 36.8. The minimum absolute atomic E-state index is 0.242. The fourth-order valence-electron chi connectivity index (χ4n) is 10.2. The largest absolute Gasteiger partial charge is 0.394 e. The number of hydrogen-bond donors (Lipinski definition) is 9. The fourth-order valence-corrected chi connectivity index (χ4v) is 10.2. The van der Waals surface area contributed by atoms with Crippen LogP contribution in [0.5, 0.6) is 0 Å². The molecule has 16 heteroatoms. The van der Waals surface area contributed by atoms with Crippen molar-refractivity contribution >= 4 is 11.6 Å². The van der Waals surface area contributed by atoms with E-state index in [0.717, 1.165) is 0 Å². The van der Waals surface area contributed by atoms with Gasteiger partial charge in [0.1, 0.15) is 61.5 Å². The second kappa shape index (κ2) is 13.0. The summed E-state index contributed by atoms with van der Waals surface area (Å²) in [5, 5.41) is 95.8. The number of Topliss-reactive ketones (excluding diaryl/α,β-unsaturated/α-hetero) is 1. The van der Waals surface area contributed by atoms with Gasteiger partial charge >= 0.3 is 0 Å². The van der Waals surface area contributed by atoms with E-state index in [4.69, 9.17) is 18.9 Å². The van der Waals surface area contributed by atoms with E-state index >= 15 is 4.39 Å². The number of allylic oxidation sites excluding steroid dienone is 4. The third-order valence-electron chi connectivity index (χ3n) is 13.1. The van der Waals surface area contributed by atoms with Crippen LogP contribution in [0.3, 0.4) is 0 Å². The van der Waals surface area contributed by atoms with E-state index < -0.39 is 133 Å². The Hall–Kier alpha value is -1.77. The summed E-state index contributed by atoms with van der Waals surface area (Å²) in [5.74, 6) is -5.58. The standard InChI is InChI=1S/C34H49FO15/c1-15-8-19-18-5-4-16-9-17(39)6-7-30(16,2)33(18,35)22(40)10-31(19,3)34(15,46)23(41)13-47-32(14-38)28(45)27(21(12-37)50-32)49-29-26(44)25(43)24(42)20(11-36)48-29/h6-7,9,15,18-22,24-29,36-38,40,42-46H,4-5,8,10-14H2,1-3H3/t15-,18-,19-,20?,21+,22-,24-,25+,26?,27?,28+,29-,30-,31-,32?,33-,34-/m0/s1. The van der Waals surface area contributed by atoms with Gasteiger partial charge in [0.15, 0.2) is 23.5 Å². The topological polar surface area (TPSA) is 253 Å². The molecule has 0 bridgehead atoms. The van der Waals surface area contributed by atoms with E-state index in [1.165, 1.54) is 18.2 Å². The number of rotatable bonds is 9. The minimum Gasteiger partial charge on any atom is -0.394 e. The molecular weight excluding hydrogens is 667 g/mol. The van der Waals surface area contributed by atoms with E-state index in [-0.39, 0.29) is 25.0 Å². The first-order valence-electron chi connectivity index (χ1n) is 17.1. The normalized spacial score (nSPS) is 53.1. The van der Waals surface area contributed by atoms with Crippen LogP contribution >= 0.6 is 0 Å². The van der Waals surface area contributed by atoms with Crippen molar-refractivity contribution in [2.24, 2.45) is 28.6 Å². The highest BCUT2D eigenvalue weighted by atomic mass is 19.1. The molecule has 2 heterocycles. The SMILES string of the molecule is C[C@H]1C[C@H]2[C@@H]3CCC4=CC(=O)C=C[C@]4(C)[C@@]3(F)[C@@H](O)C[C@]2(C)[C@@]1(O)C(=O)COC1(CO)O[C@H](CO)C(O[C@@H]2OC(CO)[C@H](O)[C@@H](O)C2O)[C@H]1O. The summed E-state index contributed by atoms with van der Waals surface area (Å²) in [4.78, 5) is 26.3. The summed E-state index contributed by atoms with van der Waals surface area (Å²) < 4.78 is 39.9. The van der Waals surface area contributed by atoms with E-state index in [2.05, 4.69) is 0 Å². The van der Waals surface area contributed by atoms with Gasteiger partial charge in [-0.05, 0) is 56.6 Å². The highest BCUT2D eigenvalue weighted by molar-refractivity contribution is 6.01. The number of halogens is 1. The number of aliphatic hydroxyl groups is 9. The molecule has 282 valence electrons. The van der Waals surface area contributed by atoms with Crippen LogP contribution in [0, 0.1) is 28.6 Å². The summed E-state index contributed by atoms with van der Waals surface area (Å²) in [5.41, 5.74) is -6.33. The van der Waals surface area contributed by atoms with Gasteiger partial charge in [0.05, 0.1) is 19.3 Å². The Labute approximate surface area is 287 Å². The lowest BCUT2D eigenvalue weighted by Gasteiger charge is -2.62. The molecule has 2 aliphatic heterocycles. The maximum Gasteiger partial charge on any atom is 0.222 e. The van der Waals surface area contributed by atoms with Crippen LogP contribution in [0.2, 0.25) is 0 Å². The number of ketones is 2. The first-order chi connectivity index (χ1) is 23.4. The summed E-state index contributed by atoms with van der Waals surface area (Å²) in [7, 11) is 0. The van der Waals surface area contributed by atoms with Crippen LogP contribution in [0.15, 0.2) is 23.8 Å². The van der Waals surface area contributed by atoms with Crippen molar-refractivity contribution in [1.82, 2.24) is 0 Å². The molecule has 6 aliphatic rings. The van der Waals surface area contributed by atoms with Crippen molar-refractivity contribution in [2.75, 3.05) is 26.4 Å². The van der Waals surface area contributed by atoms with E-state index in [9.17, 15) is 55.5 Å². The number of carbonyl (C=O) groups is 2. The lowest BCUT2D eigenvalue weighted by atomic mass is 9.44. The van der Waals surface area contributed by atoms with Gasteiger partial charge in [-0.2, -0.15) is 0 Å². The van der Waals surface area contributed by atoms with Crippen molar-refractivity contribution in [1.29, 1.82) is 0 Å². The molecule has 9 N–H and O–H groups in total. The maximum atomic E-state index is 17.5. The van der Waals surface area contributed by atoms with Crippen LogP contribution in [-0.2, 0) is 28.5 Å². The average molecular weight is 717 g/mol. The molecule has 0 amide bonds. The Morgan fingerprint density at radius 3 is 2.34 bits per heavy atom. The molecule has 17 atom stereocenters. The van der Waals surface area contributed by atoms with Crippen molar-refractivity contribution in [3.05, 3.63) is 23.8 Å². The lowest BCUT2D eigenvalue weighted by molar-refractivity contribution is -0.319. The van der Waals surface area contributed by atoms with Crippen LogP contribution in [0.1, 0.15) is 46.5 Å². The van der Waals surface area contributed by atoms with Gasteiger partial charge in [0, 0.05) is 16.7 Å². The first kappa shape index (κ1) is 38.0. The Morgan fingerprint density at radius 1 is 1.02 bits per heavy atom. The van der Waals surface area contributed by atoms with Crippen LogP contribution in [0.25, 0.3) is 0 Å². The quantitative estimate of drug-likeness (QED) is 0.120. The summed E-state index contributed by atoms with van der Waals surface area (Å²) in [6.07, 6.45) is -10.2. The second-order valence-electron chi connectivity index (χ2n) is 15.4. The molecule has 15 nitrogen and oxygen atoms in total. The summed E-state index contributed by atoms with van der Waals surface area (Å²) in [6.45, 7) is 1.38. The Bertz CT molecular complexity index is 1410. The van der Waals surface area contributed by atoms with Crippen molar-refractivity contribution in [2.45, 2.75) is 119 Å². The van der Waals surface area contributed by atoms with Crippen molar-refractivity contribution in [3.8, 4) is 0 Å².